The monoisotopic (exact) mass is 298 g/mol. The number of nitrogens with one attached hydrogen (secondary N) is 1. The maximum absolute atomic E-state index is 3.73. The average molecular weight is 299 g/mol. The predicted octanol–water partition coefficient (Wildman–Crippen LogP) is 3.62. The van der Waals surface area contributed by atoms with Gasteiger partial charge < -0.3 is 5.32 Å². The average Bonchev–Trinajstić information content (AvgIpc) is 2.45. The molecule has 1 aliphatic heterocycles. The van der Waals surface area contributed by atoms with Crippen LogP contribution in [-0.4, -0.2) is 48.6 Å². The lowest BCUT2D eigenvalue weighted by atomic mass is 9.70. The number of rotatable bonds is 6. The summed E-state index contributed by atoms with van der Waals surface area (Å²) in [5, 5.41) is 3.73. The molecule has 1 heterocycles. The van der Waals surface area contributed by atoms with Crippen molar-refractivity contribution in [3.8, 4) is 0 Å². The largest absolute Gasteiger partial charge is 0.316 e. The fraction of sp³-hybridized carbons (Fsp3) is 1.00. The van der Waals surface area contributed by atoms with E-state index in [4.69, 9.17) is 0 Å². The summed E-state index contributed by atoms with van der Waals surface area (Å²) in [7, 11) is 0. The molecule has 1 atom stereocenters. The highest BCUT2D eigenvalue weighted by Crippen LogP contribution is 2.40. The number of hydrogen-bond donors (Lipinski definition) is 1. The van der Waals surface area contributed by atoms with Crippen LogP contribution in [0.3, 0.4) is 0 Å². The zero-order valence-electron chi connectivity index (χ0n) is 13.8. The molecule has 1 unspecified atom stereocenters. The molecule has 1 aliphatic carbocycles. The summed E-state index contributed by atoms with van der Waals surface area (Å²) in [5.41, 5.74) is 0.554. The van der Waals surface area contributed by atoms with E-state index in [1.807, 2.05) is 0 Å². The molecule has 2 aliphatic rings. The minimum Gasteiger partial charge on any atom is -0.316 e. The molecule has 2 fully saturated rings. The topological polar surface area (TPSA) is 15.3 Å². The molecule has 0 bridgehead atoms. The smallest absolute Gasteiger partial charge is 0.0158 e. The van der Waals surface area contributed by atoms with E-state index >= 15 is 0 Å². The Labute approximate surface area is 130 Å². The molecular formula is C17H34N2S. The number of nitrogens with zero attached hydrogens (tertiary/aromatic N) is 1. The van der Waals surface area contributed by atoms with E-state index < -0.39 is 0 Å². The second-order valence-electron chi connectivity index (χ2n) is 7.25. The SMILES string of the molecule is CCCNCC1(CN2CCSCC2C)CCC(C)CC1. The fourth-order valence-corrected chi connectivity index (χ4v) is 4.81. The number of thioether (sulfide) groups is 1. The van der Waals surface area contributed by atoms with Gasteiger partial charge in [0.2, 0.25) is 0 Å². The van der Waals surface area contributed by atoms with Crippen molar-refractivity contribution in [2.24, 2.45) is 11.3 Å². The molecule has 1 saturated carbocycles. The van der Waals surface area contributed by atoms with E-state index in [2.05, 4.69) is 42.7 Å². The van der Waals surface area contributed by atoms with Crippen molar-refractivity contribution in [1.82, 2.24) is 10.2 Å². The molecule has 2 nitrogen and oxygen atoms in total. The van der Waals surface area contributed by atoms with Gasteiger partial charge in [0.1, 0.15) is 0 Å². The predicted molar refractivity (Wildman–Crippen MR) is 91.6 cm³/mol. The van der Waals surface area contributed by atoms with E-state index in [-0.39, 0.29) is 0 Å². The molecular weight excluding hydrogens is 264 g/mol. The third-order valence-electron chi connectivity index (χ3n) is 5.31. The first kappa shape index (κ1) is 16.6. The molecule has 0 aromatic rings. The first-order valence-corrected chi connectivity index (χ1v) is 9.83. The molecule has 2 rings (SSSR count). The van der Waals surface area contributed by atoms with Crippen molar-refractivity contribution < 1.29 is 0 Å². The van der Waals surface area contributed by atoms with Crippen LogP contribution in [0.5, 0.6) is 0 Å². The van der Waals surface area contributed by atoms with E-state index in [9.17, 15) is 0 Å². The van der Waals surface area contributed by atoms with Crippen LogP contribution in [0, 0.1) is 11.3 Å². The Morgan fingerprint density at radius 2 is 2.00 bits per heavy atom. The molecule has 0 aromatic heterocycles. The molecule has 0 amide bonds. The molecule has 0 aromatic carbocycles. The van der Waals surface area contributed by atoms with Crippen molar-refractivity contribution in [3.63, 3.8) is 0 Å². The summed E-state index contributed by atoms with van der Waals surface area (Å²) >= 11 is 2.13. The molecule has 20 heavy (non-hydrogen) atoms. The Morgan fingerprint density at radius 3 is 2.65 bits per heavy atom. The summed E-state index contributed by atoms with van der Waals surface area (Å²) in [6.07, 6.45) is 6.99. The van der Waals surface area contributed by atoms with Gasteiger partial charge in [0.05, 0.1) is 0 Å². The Hall–Kier alpha value is 0.270. The lowest BCUT2D eigenvalue weighted by molar-refractivity contribution is 0.0736. The van der Waals surface area contributed by atoms with Crippen molar-refractivity contribution in [2.75, 3.05) is 37.7 Å². The van der Waals surface area contributed by atoms with Crippen LogP contribution in [0.1, 0.15) is 52.9 Å². The summed E-state index contributed by atoms with van der Waals surface area (Å²) in [6, 6.07) is 0.774. The Bertz CT molecular complexity index is 274. The third kappa shape index (κ3) is 4.64. The minimum atomic E-state index is 0.554. The first-order valence-electron chi connectivity index (χ1n) is 8.68. The van der Waals surface area contributed by atoms with Crippen LogP contribution in [0.15, 0.2) is 0 Å². The van der Waals surface area contributed by atoms with Crippen LogP contribution in [0.2, 0.25) is 0 Å². The van der Waals surface area contributed by atoms with Gasteiger partial charge in [0, 0.05) is 37.2 Å². The second kappa shape index (κ2) is 8.05. The molecule has 1 N–H and O–H groups in total. The van der Waals surface area contributed by atoms with Gasteiger partial charge in [-0.25, -0.2) is 0 Å². The molecule has 3 heteroatoms. The van der Waals surface area contributed by atoms with Crippen LogP contribution in [0.25, 0.3) is 0 Å². The first-order chi connectivity index (χ1) is 9.65. The summed E-state index contributed by atoms with van der Waals surface area (Å²) in [5.74, 6) is 3.61. The van der Waals surface area contributed by atoms with Crippen molar-refractivity contribution in [1.29, 1.82) is 0 Å². The third-order valence-corrected chi connectivity index (χ3v) is 6.49. The maximum Gasteiger partial charge on any atom is 0.0158 e. The lowest BCUT2D eigenvalue weighted by Gasteiger charge is -2.45. The van der Waals surface area contributed by atoms with Crippen LogP contribution in [-0.2, 0) is 0 Å². The van der Waals surface area contributed by atoms with Crippen molar-refractivity contribution in [2.45, 2.75) is 58.9 Å². The summed E-state index contributed by atoms with van der Waals surface area (Å²) in [6.45, 7) is 12.2. The zero-order chi connectivity index (χ0) is 14.4. The molecule has 118 valence electrons. The summed E-state index contributed by atoms with van der Waals surface area (Å²) in [4.78, 5) is 2.78. The Balaban J connectivity index is 1.94. The van der Waals surface area contributed by atoms with E-state index in [0.29, 0.717) is 5.41 Å². The van der Waals surface area contributed by atoms with Gasteiger partial charge in [-0.05, 0) is 44.1 Å². The Morgan fingerprint density at radius 1 is 1.25 bits per heavy atom. The quantitative estimate of drug-likeness (QED) is 0.754. The fourth-order valence-electron chi connectivity index (χ4n) is 3.72. The number of hydrogen-bond acceptors (Lipinski definition) is 3. The van der Waals surface area contributed by atoms with Crippen LogP contribution < -0.4 is 5.32 Å². The standard InChI is InChI=1S/C17H34N2S/c1-4-9-18-13-17(7-5-15(2)6-8-17)14-19-10-11-20-12-16(19)3/h15-16,18H,4-14H2,1-3H3. The lowest BCUT2D eigenvalue weighted by Crippen LogP contribution is -2.51. The second-order valence-corrected chi connectivity index (χ2v) is 8.40. The van der Waals surface area contributed by atoms with Gasteiger partial charge >= 0.3 is 0 Å². The van der Waals surface area contributed by atoms with Crippen LogP contribution in [0.4, 0.5) is 0 Å². The highest BCUT2D eigenvalue weighted by atomic mass is 32.2. The van der Waals surface area contributed by atoms with Gasteiger partial charge in [-0.15, -0.1) is 0 Å². The zero-order valence-corrected chi connectivity index (χ0v) is 14.6. The Kier molecular flexibility index (Phi) is 6.70. The summed E-state index contributed by atoms with van der Waals surface area (Å²) < 4.78 is 0. The van der Waals surface area contributed by atoms with Gasteiger partial charge in [-0.1, -0.05) is 26.7 Å². The molecule has 0 radical (unpaired) electrons. The highest BCUT2D eigenvalue weighted by molar-refractivity contribution is 7.99. The van der Waals surface area contributed by atoms with E-state index in [0.717, 1.165) is 12.0 Å². The van der Waals surface area contributed by atoms with Gasteiger partial charge in [0.25, 0.3) is 0 Å². The van der Waals surface area contributed by atoms with Gasteiger partial charge in [-0.3, -0.25) is 4.90 Å². The van der Waals surface area contributed by atoms with Gasteiger partial charge in [-0.2, -0.15) is 11.8 Å². The molecule has 0 spiro atoms. The van der Waals surface area contributed by atoms with E-state index in [1.165, 1.54) is 69.8 Å². The highest BCUT2D eigenvalue weighted by Gasteiger charge is 2.36. The van der Waals surface area contributed by atoms with Crippen molar-refractivity contribution >= 4 is 11.8 Å². The van der Waals surface area contributed by atoms with Gasteiger partial charge in [0.15, 0.2) is 0 Å². The van der Waals surface area contributed by atoms with E-state index in [1.54, 1.807) is 0 Å². The van der Waals surface area contributed by atoms with Crippen molar-refractivity contribution in [3.05, 3.63) is 0 Å². The van der Waals surface area contributed by atoms with Crippen LogP contribution >= 0.6 is 11.8 Å². The molecule has 1 saturated heterocycles. The normalized spacial score (nSPS) is 36.1. The minimum absolute atomic E-state index is 0.554. The maximum atomic E-state index is 3.73.